The number of aryl methyl sites for hydroxylation is 2. The Morgan fingerprint density at radius 1 is 1.04 bits per heavy atom. The first kappa shape index (κ1) is 17.3. The van der Waals surface area contributed by atoms with Crippen LogP contribution in [0, 0.1) is 13.8 Å². The predicted octanol–water partition coefficient (Wildman–Crippen LogP) is 2.15. The highest BCUT2D eigenvalue weighted by Crippen LogP contribution is 2.18. The van der Waals surface area contributed by atoms with E-state index in [1.807, 2.05) is 43.9 Å². The number of amides is 2. The van der Waals surface area contributed by atoms with E-state index < -0.39 is 0 Å². The molecule has 0 unspecified atom stereocenters. The summed E-state index contributed by atoms with van der Waals surface area (Å²) in [6.07, 6.45) is 1.45. The molecule has 1 fully saturated rings. The van der Waals surface area contributed by atoms with Crippen molar-refractivity contribution in [1.82, 2.24) is 9.80 Å². The molecule has 2 amide bonds. The third-order valence-electron chi connectivity index (χ3n) is 4.13. The minimum atomic E-state index is -0.0208. The first-order chi connectivity index (χ1) is 11.0. The zero-order chi connectivity index (χ0) is 16.8. The van der Waals surface area contributed by atoms with Crippen molar-refractivity contribution in [2.75, 3.05) is 32.8 Å². The second-order valence-corrected chi connectivity index (χ2v) is 6.07. The average Bonchev–Trinajstić information content (AvgIpc) is 2.54. The summed E-state index contributed by atoms with van der Waals surface area (Å²) in [5.41, 5.74) is 2.21. The van der Waals surface area contributed by atoms with Gasteiger partial charge in [0.25, 0.3) is 5.91 Å². The maximum atomic E-state index is 12.2. The summed E-state index contributed by atoms with van der Waals surface area (Å²) in [4.78, 5) is 27.7. The molecule has 1 aliphatic rings. The van der Waals surface area contributed by atoms with Gasteiger partial charge in [0.05, 0.1) is 0 Å². The summed E-state index contributed by atoms with van der Waals surface area (Å²) in [6.45, 7) is 8.47. The van der Waals surface area contributed by atoms with E-state index in [0.29, 0.717) is 32.6 Å². The maximum absolute atomic E-state index is 12.2. The molecule has 5 heteroatoms. The lowest BCUT2D eigenvalue weighted by Crippen LogP contribution is -2.51. The quantitative estimate of drug-likeness (QED) is 0.836. The smallest absolute Gasteiger partial charge is 0.260 e. The summed E-state index contributed by atoms with van der Waals surface area (Å²) in [7, 11) is 0. The van der Waals surface area contributed by atoms with Gasteiger partial charge in [-0.1, -0.05) is 24.6 Å². The van der Waals surface area contributed by atoms with Crippen LogP contribution in [0.15, 0.2) is 18.2 Å². The number of carbonyl (C=O) groups is 2. The van der Waals surface area contributed by atoms with Gasteiger partial charge in [0, 0.05) is 32.6 Å². The molecule has 5 nitrogen and oxygen atoms in total. The molecule has 1 saturated heterocycles. The number of piperazine rings is 1. The van der Waals surface area contributed by atoms with Gasteiger partial charge in [0.2, 0.25) is 5.91 Å². The molecule has 1 aliphatic heterocycles. The van der Waals surface area contributed by atoms with Crippen LogP contribution in [0.3, 0.4) is 0 Å². The van der Waals surface area contributed by atoms with E-state index in [9.17, 15) is 9.59 Å². The molecule has 2 rings (SSSR count). The lowest BCUT2D eigenvalue weighted by Gasteiger charge is -2.34. The molecule has 0 radical (unpaired) electrons. The van der Waals surface area contributed by atoms with Crippen LogP contribution in [0.4, 0.5) is 0 Å². The lowest BCUT2D eigenvalue weighted by molar-refractivity contribution is -0.140. The van der Waals surface area contributed by atoms with Gasteiger partial charge in [-0.3, -0.25) is 9.59 Å². The Labute approximate surface area is 138 Å². The van der Waals surface area contributed by atoms with Crippen molar-refractivity contribution in [2.45, 2.75) is 33.6 Å². The highest BCUT2D eigenvalue weighted by molar-refractivity contribution is 5.79. The molecule has 0 bridgehead atoms. The van der Waals surface area contributed by atoms with E-state index in [0.717, 1.165) is 17.7 Å². The molecular formula is C18H26N2O3. The summed E-state index contributed by atoms with van der Waals surface area (Å²) in [5.74, 6) is 0.916. The zero-order valence-electron chi connectivity index (χ0n) is 14.3. The number of benzene rings is 1. The lowest BCUT2D eigenvalue weighted by atomic mass is 10.1. The number of rotatable bonds is 5. The van der Waals surface area contributed by atoms with Gasteiger partial charge in [0.1, 0.15) is 5.75 Å². The summed E-state index contributed by atoms with van der Waals surface area (Å²) >= 11 is 0. The fourth-order valence-electron chi connectivity index (χ4n) is 2.77. The molecular weight excluding hydrogens is 292 g/mol. The summed E-state index contributed by atoms with van der Waals surface area (Å²) in [5, 5.41) is 0. The maximum Gasteiger partial charge on any atom is 0.260 e. The molecule has 0 aliphatic carbocycles. The molecule has 1 aromatic carbocycles. The van der Waals surface area contributed by atoms with Crippen molar-refractivity contribution in [2.24, 2.45) is 0 Å². The van der Waals surface area contributed by atoms with Gasteiger partial charge >= 0.3 is 0 Å². The van der Waals surface area contributed by atoms with Crippen molar-refractivity contribution >= 4 is 11.8 Å². The summed E-state index contributed by atoms with van der Waals surface area (Å²) in [6, 6.07) is 5.92. The van der Waals surface area contributed by atoms with Crippen LogP contribution in [-0.2, 0) is 9.59 Å². The molecule has 1 heterocycles. The monoisotopic (exact) mass is 318 g/mol. The Morgan fingerprint density at radius 2 is 1.65 bits per heavy atom. The van der Waals surface area contributed by atoms with Crippen LogP contribution in [0.1, 0.15) is 30.9 Å². The van der Waals surface area contributed by atoms with Crippen molar-refractivity contribution in [3.05, 3.63) is 29.3 Å². The standard InChI is InChI=1S/C18H26N2O3/c1-4-5-17(21)19-8-10-20(11-9-19)18(22)13-23-16-7-6-14(2)12-15(16)3/h6-7,12H,4-5,8-11,13H2,1-3H3. The van der Waals surface area contributed by atoms with Gasteiger partial charge in [-0.2, -0.15) is 0 Å². The Kier molecular flexibility index (Phi) is 6.02. The van der Waals surface area contributed by atoms with Crippen molar-refractivity contribution < 1.29 is 14.3 Å². The Bertz CT molecular complexity index is 563. The number of nitrogens with zero attached hydrogens (tertiary/aromatic N) is 2. The van der Waals surface area contributed by atoms with E-state index in [1.165, 1.54) is 5.56 Å². The highest BCUT2D eigenvalue weighted by Gasteiger charge is 2.23. The Balaban J connectivity index is 1.80. The fourth-order valence-corrected chi connectivity index (χ4v) is 2.77. The minimum Gasteiger partial charge on any atom is -0.484 e. The second-order valence-electron chi connectivity index (χ2n) is 6.07. The van der Waals surface area contributed by atoms with Gasteiger partial charge in [-0.25, -0.2) is 0 Å². The fraction of sp³-hybridized carbons (Fsp3) is 0.556. The SMILES string of the molecule is CCCC(=O)N1CCN(C(=O)COc2ccc(C)cc2C)CC1. The molecule has 0 saturated carbocycles. The van der Waals surface area contributed by atoms with Crippen molar-refractivity contribution in [1.29, 1.82) is 0 Å². The zero-order valence-corrected chi connectivity index (χ0v) is 14.3. The second kappa shape index (κ2) is 7.99. The van der Waals surface area contributed by atoms with Crippen molar-refractivity contribution in [3.63, 3.8) is 0 Å². The first-order valence-corrected chi connectivity index (χ1v) is 8.27. The van der Waals surface area contributed by atoms with Crippen LogP contribution in [-0.4, -0.2) is 54.4 Å². The largest absolute Gasteiger partial charge is 0.484 e. The Hall–Kier alpha value is -2.04. The minimum absolute atomic E-state index is 0.0208. The van der Waals surface area contributed by atoms with E-state index >= 15 is 0 Å². The van der Waals surface area contributed by atoms with Crippen LogP contribution in [0.2, 0.25) is 0 Å². The van der Waals surface area contributed by atoms with E-state index in [-0.39, 0.29) is 18.4 Å². The van der Waals surface area contributed by atoms with E-state index in [2.05, 4.69) is 0 Å². The van der Waals surface area contributed by atoms with Crippen LogP contribution >= 0.6 is 0 Å². The molecule has 0 aromatic heterocycles. The van der Waals surface area contributed by atoms with Crippen LogP contribution in [0.25, 0.3) is 0 Å². The van der Waals surface area contributed by atoms with Crippen molar-refractivity contribution in [3.8, 4) is 5.75 Å². The van der Waals surface area contributed by atoms with Crippen LogP contribution in [0.5, 0.6) is 5.75 Å². The topological polar surface area (TPSA) is 49.9 Å². The van der Waals surface area contributed by atoms with Gasteiger partial charge in [0.15, 0.2) is 6.61 Å². The third-order valence-corrected chi connectivity index (χ3v) is 4.13. The van der Waals surface area contributed by atoms with E-state index in [4.69, 9.17) is 4.74 Å². The number of hydrogen-bond acceptors (Lipinski definition) is 3. The molecule has 0 spiro atoms. The van der Waals surface area contributed by atoms with Gasteiger partial charge in [-0.15, -0.1) is 0 Å². The van der Waals surface area contributed by atoms with E-state index in [1.54, 1.807) is 4.90 Å². The predicted molar refractivity (Wildman–Crippen MR) is 89.5 cm³/mol. The first-order valence-electron chi connectivity index (χ1n) is 8.27. The summed E-state index contributed by atoms with van der Waals surface area (Å²) < 4.78 is 5.65. The van der Waals surface area contributed by atoms with Gasteiger partial charge < -0.3 is 14.5 Å². The molecule has 1 aromatic rings. The average molecular weight is 318 g/mol. The number of hydrogen-bond donors (Lipinski definition) is 0. The highest BCUT2D eigenvalue weighted by atomic mass is 16.5. The molecule has 0 atom stereocenters. The number of ether oxygens (including phenoxy) is 1. The normalized spacial score (nSPS) is 14.7. The van der Waals surface area contributed by atoms with Gasteiger partial charge in [-0.05, 0) is 31.9 Å². The molecule has 23 heavy (non-hydrogen) atoms. The van der Waals surface area contributed by atoms with Crippen LogP contribution < -0.4 is 4.74 Å². The molecule has 126 valence electrons. The Morgan fingerprint density at radius 3 is 2.22 bits per heavy atom. The third kappa shape index (κ3) is 4.71. The molecule has 0 N–H and O–H groups in total. The number of carbonyl (C=O) groups excluding carboxylic acids is 2.